The monoisotopic (exact) mass is 413 g/mol. The van der Waals surface area contributed by atoms with E-state index < -0.39 is 0 Å². The van der Waals surface area contributed by atoms with Crippen molar-refractivity contribution in [3.8, 4) is 0 Å². The first kappa shape index (κ1) is 18.6. The number of nitrogens with zero attached hydrogens (tertiary/aromatic N) is 4. The summed E-state index contributed by atoms with van der Waals surface area (Å²) in [6, 6.07) is 4.03. The van der Waals surface area contributed by atoms with Crippen molar-refractivity contribution in [2.75, 3.05) is 7.05 Å². The lowest BCUT2D eigenvalue weighted by Crippen LogP contribution is -2.33. The predicted octanol–water partition coefficient (Wildman–Crippen LogP) is 4.25. The van der Waals surface area contributed by atoms with E-state index in [2.05, 4.69) is 50.7 Å². The smallest absolute Gasteiger partial charge is 0.119 e. The molecule has 1 atom stereocenters. The van der Waals surface area contributed by atoms with Gasteiger partial charge in [-0.25, -0.2) is 0 Å². The molecule has 1 unspecified atom stereocenters. The highest BCUT2D eigenvalue weighted by Crippen LogP contribution is 2.21. The average Bonchev–Trinajstić information content (AvgIpc) is 2.69. The van der Waals surface area contributed by atoms with Crippen molar-refractivity contribution < 1.29 is 0 Å². The summed E-state index contributed by atoms with van der Waals surface area (Å²) < 4.78 is 1.05. The molecule has 5 nitrogen and oxygen atoms in total. The zero-order valence-electron chi connectivity index (χ0n) is 15.5. The summed E-state index contributed by atoms with van der Waals surface area (Å²) in [6.07, 6.45) is 7.57. The molecule has 0 spiro atoms. The molecule has 0 bridgehead atoms. The minimum Gasteiger partial charge on any atom is -0.366 e. The second-order valence-electron chi connectivity index (χ2n) is 6.52. The normalized spacial score (nSPS) is 23.8. The number of hydrogen-bond donors (Lipinski definition) is 1. The van der Waals surface area contributed by atoms with E-state index in [9.17, 15) is 0 Å². The highest BCUT2D eigenvalue weighted by molar-refractivity contribution is 9.12. The fraction of sp³-hybridized carbons (Fsp3) is 0.350. The van der Waals surface area contributed by atoms with Crippen molar-refractivity contribution in [2.24, 2.45) is 9.98 Å². The molecule has 0 saturated heterocycles. The number of pyridine rings is 1. The Bertz CT molecular complexity index is 834. The number of hydrogen-bond acceptors (Lipinski definition) is 5. The van der Waals surface area contributed by atoms with Gasteiger partial charge in [0.25, 0.3) is 0 Å². The van der Waals surface area contributed by atoms with E-state index in [4.69, 9.17) is 9.98 Å². The van der Waals surface area contributed by atoms with Gasteiger partial charge in [0.05, 0.1) is 22.4 Å². The second-order valence-corrected chi connectivity index (χ2v) is 7.31. The van der Waals surface area contributed by atoms with Crippen molar-refractivity contribution in [3.63, 3.8) is 0 Å². The first-order valence-electron chi connectivity index (χ1n) is 8.71. The molecule has 0 fully saturated rings. The van der Waals surface area contributed by atoms with Crippen LogP contribution in [-0.2, 0) is 6.54 Å². The molecule has 0 aliphatic carbocycles. The van der Waals surface area contributed by atoms with Crippen LogP contribution in [0.3, 0.4) is 0 Å². The van der Waals surface area contributed by atoms with E-state index in [1.54, 1.807) is 6.20 Å². The largest absolute Gasteiger partial charge is 0.366 e. The van der Waals surface area contributed by atoms with E-state index in [0.717, 1.165) is 51.5 Å². The van der Waals surface area contributed by atoms with Crippen LogP contribution in [0.25, 0.3) is 6.08 Å². The molecule has 1 aromatic heterocycles. The Kier molecular flexibility index (Phi) is 5.71. The Morgan fingerprint density at radius 2 is 2.15 bits per heavy atom. The SMILES string of the molecule is C=C1/C=C\c2ncccc2C/N=C(/CCC2N=C(C)C(Br)=C(C)N2)N1C. The fourth-order valence-electron chi connectivity index (χ4n) is 3.03. The molecule has 3 rings (SSSR count). The van der Waals surface area contributed by atoms with Crippen LogP contribution < -0.4 is 5.32 Å². The molecule has 1 aromatic rings. The van der Waals surface area contributed by atoms with E-state index in [1.807, 2.05) is 32.2 Å². The minimum absolute atomic E-state index is 0.0674. The Balaban J connectivity index is 1.76. The van der Waals surface area contributed by atoms with Gasteiger partial charge in [0.2, 0.25) is 0 Å². The summed E-state index contributed by atoms with van der Waals surface area (Å²) in [7, 11) is 2.01. The molecular weight excluding hydrogens is 390 g/mol. The van der Waals surface area contributed by atoms with Crippen LogP contribution in [0.2, 0.25) is 0 Å². The van der Waals surface area contributed by atoms with Crippen molar-refractivity contribution in [1.82, 2.24) is 15.2 Å². The summed E-state index contributed by atoms with van der Waals surface area (Å²) in [4.78, 5) is 16.1. The molecule has 0 amide bonds. The zero-order valence-corrected chi connectivity index (χ0v) is 17.0. The zero-order chi connectivity index (χ0) is 18.7. The lowest BCUT2D eigenvalue weighted by atomic mass is 10.1. The molecular formula is C20H24BrN5. The number of amidine groups is 1. The maximum atomic E-state index is 4.86. The molecule has 136 valence electrons. The van der Waals surface area contributed by atoms with E-state index in [1.165, 1.54) is 0 Å². The lowest BCUT2D eigenvalue weighted by Gasteiger charge is -2.26. The van der Waals surface area contributed by atoms with Crippen LogP contribution in [0.1, 0.15) is 37.9 Å². The van der Waals surface area contributed by atoms with Crippen LogP contribution in [-0.4, -0.2) is 34.6 Å². The summed E-state index contributed by atoms with van der Waals surface area (Å²) in [5.74, 6) is 1.01. The van der Waals surface area contributed by atoms with Crippen LogP contribution in [0.15, 0.2) is 56.8 Å². The molecule has 1 N–H and O–H groups in total. The molecule has 0 radical (unpaired) electrons. The second kappa shape index (κ2) is 7.99. The summed E-state index contributed by atoms with van der Waals surface area (Å²) in [5.41, 5.74) is 5.13. The minimum atomic E-state index is 0.0674. The van der Waals surface area contributed by atoms with Gasteiger partial charge < -0.3 is 10.2 Å². The number of halogens is 1. The maximum Gasteiger partial charge on any atom is 0.119 e. The molecule has 0 saturated carbocycles. The first-order chi connectivity index (χ1) is 12.5. The van der Waals surface area contributed by atoms with E-state index in [0.29, 0.717) is 6.54 Å². The van der Waals surface area contributed by atoms with Crippen LogP contribution >= 0.6 is 15.9 Å². The van der Waals surface area contributed by atoms with Gasteiger partial charge in [-0.2, -0.15) is 0 Å². The van der Waals surface area contributed by atoms with Gasteiger partial charge in [-0.1, -0.05) is 12.6 Å². The number of allylic oxidation sites excluding steroid dienone is 3. The van der Waals surface area contributed by atoms with Gasteiger partial charge in [-0.3, -0.25) is 15.0 Å². The van der Waals surface area contributed by atoms with Gasteiger partial charge in [0, 0.05) is 31.1 Å². The topological polar surface area (TPSA) is 52.9 Å². The highest BCUT2D eigenvalue weighted by atomic mass is 79.9. The molecule has 3 heterocycles. The highest BCUT2D eigenvalue weighted by Gasteiger charge is 2.19. The van der Waals surface area contributed by atoms with Crippen LogP contribution in [0.4, 0.5) is 0 Å². The van der Waals surface area contributed by atoms with Gasteiger partial charge in [-0.05, 0) is 60.0 Å². The number of rotatable bonds is 3. The average molecular weight is 414 g/mol. The van der Waals surface area contributed by atoms with Crippen molar-refractivity contribution in [2.45, 2.75) is 39.4 Å². The number of aromatic nitrogens is 1. The number of likely N-dealkylation sites (N-methyl/N-ethyl adjacent to an activating group) is 1. The van der Waals surface area contributed by atoms with Crippen molar-refractivity contribution >= 4 is 33.6 Å². The van der Waals surface area contributed by atoms with Gasteiger partial charge in [0.15, 0.2) is 0 Å². The van der Waals surface area contributed by atoms with E-state index in [-0.39, 0.29) is 6.17 Å². The van der Waals surface area contributed by atoms with Crippen molar-refractivity contribution in [1.29, 1.82) is 0 Å². The number of nitrogens with one attached hydrogen (secondary N) is 1. The molecule has 2 aliphatic heterocycles. The van der Waals surface area contributed by atoms with Gasteiger partial charge >= 0.3 is 0 Å². The number of aliphatic imine (C=N–C) groups is 2. The summed E-state index contributed by atoms with van der Waals surface area (Å²) in [6.45, 7) is 8.87. The summed E-state index contributed by atoms with van der Waals surface area (Å²) in [5, 5.41) is 3.44. The predicted molar refractivity (Wildman–Crippen MR) is 112 cm³/mol. The van der Waals surface area contributed by atoms with Gasteiger partial charge in [0.1, 0.15) is 12.0 Å². The lowest BCUT2D eigenvalue weighted by molar-refractivity contribution is 0.531. The Hall–Kier alpha value is -2.21. The Morgan fingerprint density at radius 3 is 2.92 bits per heavy atom. The quantitative estimate of drug-likeness (QED) is 0.805. The molecule has 6 heteroatoms. The van der Waals surface area contributed by atoms with Crippen LogP contribution in [0.5, 0.6) is 0 Å². The van der Waals surface area contributed by atoms with Gasteiger partial charge in [-0.15, -0.1) is 0 Å². The standard InChI is InChI=1S/C20H24BrN5/c1-13-7-8-17-16(6-5-11-22-17)12-23-19(26(13)4)10-9-18-24-14(2)20(21)15(3)25-18/h5-8,11,18,24H,1,9-10,12H2,2-4H3/b8-7-,23-19-. The van der Waals surface area contributed by atoms with Crippen LogP contribution in [0, 0.1) is 0 Å². The third kappa shape index (κ3) is 4.12. The molecule has 26 heavy (non-hydrogen) atoms. The molecule has 0 aromatic carbocycles. The third-order valence-corrected chi connectivity index (χ3v) is 5.80. The number of fused-ring (bicyclic) bond motifs is 1. The Morgan fingerprint density at radius 1 is 1.35 bits per heavy atom. The first-order valence-corrected chi connectivity index (χ1v) is 9.50. The fourth-order valence-corrected chi connectivity index (χ4v) is 3.24. The maximum absolute atomic E-state index is 4.86. The third-order valence-electron chi connectivity index (χ3n) is 4.63. The summed E-state index contributed by atoms with van der Waals surface area (Å²) >= 11 is 3.56. The molecule has 2 aliphatic rings. The van der Waals surface area contributed by atoms with E-state index >= 15 is 0 Å². The Labute approximate surface area is 163 Å². The van der Waals surface area contributed by atoms with Crippen molar-refractivity contribution in [3.05, 3.63) is 58.1 Å².